The molecule has 2 N–H and O–H groups in total. The summed E-state index contributed by atoms with van der Waals surface area (Å²) in [6.45, 7) is 1.24. The van der Waals surface area contributed by atoms with Gasteiger partial charge in [0.25, 0.3) is 5.91 Å². The van der Waals surface area contributed by atoms with Crippen LogP contribution < -0.4 is 10.1 Å². The SMILES string of the molecule is COc1cccc(C(=O)NC(C)CC(F)(F)F)c1O. The lowest BCUT2D eigenvalue weighted by Crippen LogP contribution is -2.35. The first-order chi connectivity index (χ1) is 8.74. The molecule has 0 aliphatic rings. The van der Waals surface area contributed by atoms with Crippen LogP contribution in [0.25, 0.3) is 0 Å². The molecule has 1 aromatic rings. The number of phenolic OH excluding ortho intramolecular Hbond substituents is 1. The number of ether oxygens (including phenoxy) is 1. The number of carbonyl (C=O) groups is 1. The molecule has 0 saturated heterocycles. The first kappa shape index (κ1) is 15.1. The van der Waals surface area contributed by atoms with Crippen molar-refractivity contribution in [3.8, 4) is 11.5 Å². The molecule has 0 aliphatic carbocycles. The van der Waals surface area contributed by atoms with Gasteiger partial charge >= 0.3 is 6.18 Å². The van der Waals surface area contributed by atoms with Crippen LogP contribution in [0.1, 0.15) is 23.7 Å². The second kappa shape index (κ2) is 5.81. The maximum absolute atomic E-state index is 12.1. The largest absolute Gasteiger partial charge is 0.504 e. The highest BCUT2D eigenvalue weighted by atomic mass is 19.4. The number of methoxy groups -OCH3 is 1. The van der Waals surface area contributed by atoms with Gasteiger partial charge in [-0.25, -0.2) is 0 Å². The van der Waals surface area contributed by atoms with Crippen molar-refractivity contribution in [3.63, 3.8) is 0 Å². The van der Waals surface area contributed by atoms with E-state index in [2.05, 4.69) is 5.32 Å². The predicted octanol–water partition coefficient (Wildman–Crippen LogP) is 2.47. The van der Waals surface area contributed by atoms with Crippen LogP contribution in [0.2, 0.25) is 0 Å². The van der Waals surface area contributed by atoms with Crippen LogP contribution in [0.5, 0.6) is 11.5 Å². The van der Waals surface area contributed by atoms with Gasteiger partial charge in [-0.15, -0.1) is 0 Å². The van der Waals surface area contributed by atoms with Gasteiger partial charge in [-0.2, -0.15) is 13.2 Å². The van der Waals surface area contributed by atoms with Gasteiger partial charge in [0.15, 0.2) is 11.5 Å². The summed E-state index contributed by atoms with van der Waals surface area (Å²) in [5.41, 5.74) is -0.131. The third kappa shape index (κ3) is 4.35. The molecular formula is C12H14F3NO3. The number of amides is 1. The van der Waals surface area contributed by atoms with Crippen LogP contribution in [0, 0.1) is 0 Å². The lowest BCUT2D eigenvalue weighted by atomic mass is 10.1. The van der Waals surface area contributed by atoms with Gasteiger partial charge in [0.05, 0.1) is 19.1 Å². The molecule has 1 atom stereocenters. The summed E-state index contributed by atoms with van der Waals surface area (Å²) < 4.78 is 41.2. The van der Waals surface area contributed by atoms with E-state index in [0.717, 1.165) is 0 Å². The van der Waals surface area contributed by atoms with Crippen molar-refractivity contribution < 1.29 is 27.8 Å². The number of halogens is 3. The van der Waals surface area contributed by atoms with Crippen LogP contribution in [-0.2, 0) is 0 Å². The van der Waals surface area contributed by atoms with Crippen molar-refractivity contribution in [2.24, 2.45) is 0 Å². The summed E-state index contributed by atoms with van der Waals surface area (Å²) in [6.07, 6.45) is -5.49. The monoisotopic (exact) mass is 277 g/mol. The minimum absolute atomic E-state index is 0.0797. The Morgan fingerprint density at radius 1 is 1.47 bits per heavy atom. The van der Waals surface area contributed by atoms with Crippen molar-refractivity contribution in [1.29, 1.82) is 0 Å². The van der Waals surface area contributed by atoms with Crippen LogP contribution in [0.4, 0.5) is 13.2 Å². The normalized spacial score (nSPS) is 12.9. The Morgan fingerprint density at radius 2 is 2.11 bits per heavy atom. The summed E-state index contributed by atoms with van der Waals surface area (Å²) in [4.78, 5) is 11.7. The van der Waals surface area contributed by atoms with Gasteiger partial charge in [-0.1, -0.05) is 6.07 Å². The number of hydrogen-bond acceptors (Lipinski definition) is 3. The highest BCUT2D eigenvalue weighted by molar-refractivity contribution is 5.97. The van der Waals surface area contributed by atoms with Crippen LogP contribution in [0.3, 0.4) is 0 Å². The second-order valence-corrected chi connectivity index (χ2v) is 4.05. The predicted molar refractivity (Wildman–Crippen MR) is 62.3 cm³/mol. The molecule has 1 amide bonds. The number of hydrogen-bond donors (Lipinski definition) is 2. The summed E-state index contributed by atoms with van der Waals surface area (Å²) >= 11 is 0. The Hall–Kier alpha value is -1.92. The zero-order chi connectivity index (χ0) is 14.6. The van der Waals surface area contributed by atoms with Crippen molar-refractivity contribution in [3.05, 3.63) is 23.8 Å². The van der Waals surface area contributed by atoms with E-state index in [1.165, 1.54) is 32.2 Å². The topological polar surface area (TPSA) is 58.6 Å². The van der Waals surface area contributed by atoms with Crippen LogP contribution >= 0.6 is 0 Å². The van der Waals surface area contributed by atoms with E-state index in [1.54, 1.807) is 0 Å². The number of para-hydroxylation sites is 1. The van der Waals surface area contributed by atoms with E-state index < -0.39 is 30.3 Å². The van der Waals surface area contributed by atoms with Gasteiger partial charge in [0, 0.05) is 6.04 Å². The molecule has 0 radical (unpaired) electrons. The Morgan fingerprint density at radius 3 is 2.63 bits per heavy atom. The zero-order valence-electron chi connectivity index (χ0n) is 10.4. The third-order valence-corrected chi connectivity index (χ3v) is 2.38. The van der Waals surface area contributed by atoms with Crippen molar-refractivity contribution >= 4 is 5.91 Å². The van der Waals surface area contributed by atoms with Gasteiger partial charge in [-0.05, 0) is 19.1 Å². The number of benzene rings is 1. The Balaban J connectivity index is 2.79. The van der Waals surface area contributed by atoms with Gasteiger partial charge in [0.2, 0.25) is 0 Å². The number of alkyl halides is 3. The molecule has 1 rings (SSSR count). The van der Waals surface area contributed by atoms with Gasteiger partial charge < -0.3 is 15.2 Å². The number of aromatic hydroxyl groups is 1. The van der Waals surface area contributed by atoms with Gasteiger partial charge in [-0.3, -0.25) is 4.79 Å². The van der Waals surface area contributed by atoms with Crippen molar-refractivity contribution in [2.75, 3.05) is 7.11 Å². The highest BCUT2D eigenvalue weighted by Crippen LogP contribution is 2.29. The first-order valence-corrected chi connectivity index (χ1v) is 5.48. The molecule has 0 heterocycles. The van der Waals surface area contributed by atoms with E-state index in [1.807, 2.05) is 0 Å². The molecule has 1 unspecified atom stereocenters. The van der Waals surface area contributed by atoms with Crippen LogP contribution in [0.15, 0.2) is 18.2 Å². The minimum Gasteiger partial charge on any atom is -0.504 e. The molecular weight excluding hydrogens is 263 g/mol. The summed E-state index contributed by atoms with van der Waals surface area (Å²) in [6, 6.07) is 3.11. The molecule has 0 saturated carbocycles. The van der Waals surface area contributed by atoms with E-state index >= 15 is 0 Å². The molecule has 0 bridgehead atoms. The van der Waals surface area contributed by atoms with Crippen LogP contribution in [-0.4, -0.2) is 30.3 Å². The second-order valence-electron chi connectivity index (χ2n) is 4.05. The number of carbonyl (C=O) groups excluding carboxylic acids is 1. The Bertz CT molecular complexity index is 460. The minimum atomic E-state index is -4.36. The third-order valence-electron chi connectivity index (χ3n) is 2.38. The molecule has 106 valence electrons. The first-order valence-electron chi connectivity index (χ1n) is 5.48. The average Bonchev–Trinajstić information content (AvgIpc) is 2.26. The maximum atomic E-state index is 12.1. The summed E-state index contributed by atoms with van der Waals surface area (Å²) in [7, 11) is 1.31. The Labute approximate surface area is 108 Å². The van der Waals surface area contributed by atoms with Gasteiger partial charge in [0.1, 0.15) is 0 Å². The maximum Gasteiger partial charge on any atom is 0.391 e. The van der Waals surface area contributed by atoms with E-state index in [4.69, 9.17) is 4.74 Å². The zero-order valence-corrected chi connectivity index (χ0v) is 10.4. The van der Waals surface area contributed by atoms with Crippen molar-refractivity contribution in [1.82, 2.24) is 5.32 Å². The lowest BCUT2D eigenvalue weighted by molar-refractivity contribution is -0.138. The molecule has 0 aliphatic heterocycles. The van der Waals surface area contributed by atoms with E-state index in [9.17, 15) is 23.1 Å². The molecule has 0 spiro atoms. The number of nitrogens with one attached hydrogen (secondary N) is 1. The summed E-state index contributed by atoms with van der Waals surface area (Å²) in [5.74, 6) is -1.11. The fourth-order valence-corrected chi connectivity index (χ4v) is 1.57. The lowest BCUT2D eigenvalue weighted by Gasteiger charge is -2.16. The standard InChI is InChI=1S/C12H14F3NO3/c1-7(6-12(13,14)15)16-11(18)8-4-3-5-9(19-2)10(8)17/h3-5,7,17H,6H2,1-2H3,(H,16,18). The molecule has 0 aromatic heterocycles. The molecule has 7 heteroatoms. The number of rotatable bonds is 4. The summed E-state index contributed by atoms with van der Waals surface area (Å²) in [5, 5.41) is 11.9. The Kier molecular flexibility index (Phi) is 4.63. The number of phenols is 1. The quantitative estimate of drug-likeness (QED) is 0.888. The smallest absolute Gasteiger partial charge is 0.391 e. The molecule has 4 nitrogen and oxygen atoms in total. The molecule has 0 fully saturated rings. The highest BCUT2D eigenvalue weighted by Gasteiger charge is 2.31. The average molecular weight is 277 g/mol. The van der Waals surface area contributed by atoms with E-state index in [-0.39, 0.29) is 11.3 Å². The fraction of sp³-hybridized carbons (Fsp3) is 0.417. The van der Waals surface area contributed by atoms with E-state index in [0.29, 0.717) is 0 Å². The molecule has 1 aromatic carbocycles. The fourth-order valence-electron chi connectivity index (χ4n) is 1.57. The molecule has 19 heavy (non-hydrogen) atoms. The van der Waals surface area contributed by atoms with Crippen molar-refractivity contribution in [2.45, 2.75) is 25.6 Å².